The zero-order chi connectivity index (χ0) is 18.2. The second-order valence-corrected chi connectivity index (χ2v) is 7.14. The van der Waals surface area contributed by atoms with Gasteiger partial charge in [-0.3, -0.25) is 9.69 Å². The number of nitrogens with one attached hydrogen (secondary N) is 2. The lowest BCUT2D eigenvalue weighted by molar-refractivity contribution is -0.121. The normalized spacial score (nSPS) is 22.1. The average Bonchev–Trinajstić information content (AvgIpc) is 3.21. The van der Waals surface area contributed by atoms with Crippen LogP contribution in [0.5, 0.6) is 5.75 Å². The first kappa shape index (κ1) is 19.1. The summed E-state index contributed by atoms with van der Waals surface area (Å²) in [5.41, 5.74) is 1.20. The Morgan fingerprint density at radius 1 is 1.35 bits per heavy atom. The number of carbonyl (C=O) groups is 1. The van der Waals surface area contributed by atoms with Gasteiger partial charge in [-0.05, 0) is 49.5 Å². The van der Waals surface area contributed by atoms with Crippen LogP contribution < -0.4 is 15.4 Å². The fourth-order valence-corrected chi connectivity index (χ4v) is 3.77. The molecule has 2 N–H and O–H groups in total. The van der Waals surface area contributed by atoms with Gasteiger partial charge in [-0.25, -0.2) is 0 Å². The van der Waals surface area contributed by atoms with E-state index in [0.29, 0.717) is 18.9 Å². The Morgan fingerprint density at radius 2 is 2.12 bits per heavy atom. The van der Waals surface area contributed by atoms with E-state index in [2.05, 4.69) is 27.7 Å². The van der Waals surface area contributed by atoms with E-state index in [1.807, 2.05) is 12.1 Å². The second kappa shape index (κ2) is 9.90. The van der Waals surface area contributed by atoms with E-state index in [0.717, 1.165) is 51.6 Å². The minimum atomic E-state index is 0.156. The number of amides is 1. The van der Waals surface area contributed by atoms with Crippen molar-refractivity contribution in [3.63, 3.8) is 0 Å². The Hall–Kier alpha value is -1.63. The summed E-state index contributed by atoms with van der Waals surface area (Å²) >= 11 is 0. The first-order valence-corrected chi connectivity index (χ1v) is 9.69. The highest BCUT2D eigenvalue weighted by Gasteiger charge is 2.23. The van der Waals surface area contributed by atoms with Crippen molar-refractivity contribution < 1.29 is 14.3 Å². The maximum Gasteiger partial charge on any atom is 0.220 e. The maximum atomic E-state index is 12.3. The highest BCUT2D eigenvalue weighted by atomic mass is 16.5. The monoisotopic (exact) mass is 361 g/mol. The minimum absolute atomic E-state index is 0.156. The van der Waals surface area contributed by atoms with Crippen LogP contribution in [0.15, 0.2) is 24.3 Å². The SMILES string of the molecule is COc1ccc(C(CNC(=O)CCC2CCNC2)N2CCOCC2)cc1. The third-order valence-corrected chi connectivity index (χ3v) is 5.42. The van der Waals surface area contributed by atoms with Crippen molar-refractivity contribution in [1.29, 1.82) is 0 Å². The molecule has 2 atom stereocenters. The van der Waals surface area contributed by atoms with Gasteiger partial charge in [-0.15, -0.1) is 0 Å². The molecule has 1 aromatic carbocycles. The van der Waals surface area contributed by atoms with Gasteiger partial charge in [0.1, 0.15) is 5.75 Å². The van der Waals surface area contributed by atoms with Gasteiger partial charge < -0.3 is 20.1 Å². The van der Waals surface area contributed by atoms with Crippen molar-refractivity contribution in [2.75, 3.05) is 53.0 Å². The second-order valence-electron chi connectivity index (χ2n) is 7.14. The number of methoxy groups -OCH3 is 1. The van der Waals surface area contributed by atoms with Crippen LogP contribution in [0.2, 0.25) is 0 Å². The maximum absolute atomic E-state index is 12.3. The Labute approximate surface area is 156 Å². The molecular formula is C20H31N3O3. The van der Waals surface area contributed by atoms with Crippen molar-refractivity contribution >= 4 is 5.91 Å². The molecule has 2 aliphatic heterocycles. The van der Waals surface area contributed by atoms with Gasteiger partial charge in [0.05, 0.1) is 26.4 Å². The fourth-order valence-electron chi connectivity index (χ4n) is 3.77. The van der Waals surface area contributed by atoms with E-state index in [1.54, 1.807) is 7.11 Å². The molecule has 2 fully saturated rings. The van der Waals surface area contributed by atoms with Crippen LogP contribution in [-0.4, -0.2) is 63.9 Å². The molecule has 0 aliphatic carbocycles. The molecule has 2 unspecified atom stereocenters. The first-order valence-electron chi connectivity index (χ1n) is 9.69. The van der Waals surface area contributed by atoms with Crippen molar-refractivity contribution in [1.82, 2.24) is 15.5 Å². The number of ether oxygens (including phenoxy) is 2. The quantitative estimate of drug-likeness (QED) is 0.736. The minimum Gasteiger partial charge on any atom is -0.497 e. The molecule has 6 nitrogen and oxygen atoms in total. The average molecular weight is 361 g/mol. The number of morpholine rings is 1. The smallest absolute Gasteiger partial charge is 0.220 e. The van der Waals surface area contributed by atoms with Crippen LogP contribution in [-0.2, 0) is 9.53 Å². The largest absolute Gasteiger partial charge is 0.497 e. The summed E-state index contributed by atoms with van der Waals surface area (Å²) in [6.45, 7) is 6.04. The van der Waals surface area contributed by atoms with E-state index in [4.69, 9.17) is 9.47 Å². The zero-order valence-electron chi connectivity index (χ0n) is 15.7. The summed E-state index contributed by atoms with van der Waals surface area (Å²) in [5, 5.41) is 6.52. The summed E-state index contributed by atoms with van der Waals surface area (Å²) in [7, 11) is 1.68. The predicted molar refractivity (Wildman–Crippen MR) is 101 cm³/mol. The van der Waals surface area contributed by atoms with E-state index >= 15 is 0 Å². The van der Waals surface area contributed by atoms with Gasteiger partial charge in [0.2, 0.25) is 5.91 Å². The third-order valence-electron chi connectivity index (χ3n) is 5.42. The molecule has 0 aromatic heterocycles. The predicted octanol–water partition coefficient (Wildman–Crippen LogP) is 1.57. The van der Waals surface area contributed by atoms with Crippen LogP contribution in [0.25, 0.3) is 0 Å². The standard InChI is InChI=1S/C20H31N3O3/c1-25-18-5-3-17(4-6-18)19(23-10-12-26-13-11-23)15-22-20(24)7-2-16-8-9-21-14-16/h3-6,16,19,21H,2,7-15H2,1H3,(H,22,24). The third kappa shape index (κ3) is 5.43. The molecule has 144 valence electrons. The van der Waals surface area contributed by atoms with Crippen molar-refractivity contribution in [2.45, 2.75) is 25.3 Å². The molecule has 0 radical (unpaired) electrons. The number of nitrogens with zero attached hydrogens (tertiary/aromatic N) is 1. The molecule has 1 amide bonds. The lowest BCUT2D eigenvalue weighted by Crippen LogP contribution is -2.43. The molecule has 0 bridgehead atoms. The molecule has 0 saturated carbocycles. The van der Waals surface area contributed by atoms with Crippen molar-refractivity contribution in [2.24, 2.45) is 5.92 Å². The van der Waals surface area contributed by atoms with Crippen LogP contribution in [0.3, 0.4) is 0 Å². The zero-order valence-corrected chi connectivity index (χ0v) is 15.7. The topological polar surface area (TPSA) is 62.8 Å². The Balaban J connectivity index is 1.56. The van der Waals surface area contributed by atoms with Gasteiger partial charge >= 0.3 is 0 Å². The molecule has 26 heavy (non-hydrogen) atoms. The van der Waals surface area contributed by atoms with Crippen molar-refractivity contribution in [3.05, 3.63) is 29.8 Å². The van der Waals surface area contributed by atoms with E-state index in [1.165, 1.54) is 12.0 Å². The Bertz CT molecular complexity index is 552. The van der Waals surface area contributed by atoms with Gasteiger partial charge in [0.15, 0.2) is 0 Å². The number of hydrogen-bond donors (Lipinski definition) is 2. The molecule has 0 spiro atoms. The summed E-state index contributed by atoms with van der Waals surface area (Å²) in [6.07, 6.45) is 2.78. The van der Waals surface area contributed by atoms with Crippen LogP contribution in [0.4, 0.5) is 0 Å². The molecular weight excluding hydrogens is 330 g/mol. The molecule has 6 heteroatoms. The number of benzene rings is 1. The Kier molecular flexibility index (Phi) is 7.29. The van der Waals surface area contributed by atoms with Crippen LogP contribution >= 0.6 is 0 Å². The molecule has 1 aromatic rings. The number of rotatable bonds is 8. The molecule has 2 heterocycles. The molecule has 2 aliphatic rings. The highest BCUT2D eigenvalue weighted by Crippen LogP contribution is 2.24. The Morgan fingerprint density at radius 3 is 2.77 bits per heavy atom. The summed E-state index contributed by atoms with van der Waals surface area (Å²) in [4.78, 5) is 14.7. The van der Waals surface area contributed by atoms with Gasteiger partial charge in [-0.2, -0.15) is 0 Å². The fraction of sp³-hybridized carbons (Fsp3) is 0.650. The van der Waals surface area contributed by atoms with E-state index < -0.39 is 0 Å². The van der Waals surface area contributed by atoms with Gasteiger partial charge in [0.25, 0.3) is 0 Å². The van der Waals surface area contributed by atoms with Crippen LogP contribution in [0.1, 0.15) is 30.9 Å². The lowest BCUT2D eigenvalue weighted by Gasteiger charge is -2.35. The number of hydrogen-bond acceptors (Lipinski definition) is 5. The van der Waals surface area contributed by atoms with E-state index in [-0.39, 0.29) is 11.9 Å². The first-order chi connectivity index (χ1) is 12.8. The highest BCUT2D eigenvalue weighted by molar-refractivity contribution is 5.75. The lowest BCUT2D eigenvalue weighted by atomic mass is 10.0. The van der Waals surface area contributed by atoms with Gasteiger partial charge in [0, 0.05) is 26.1 Å². The van der Waals surface area contributed by atoms with Crippen LogP contribution in [0, 0.1) is 5.92 Å². The van der Waals surface area contributed by atoms with Gasteiger partial charge in [-0.1, -0.05) is 12.1 Å². The summed E-state index contributed by atoms with van der Waals surface area (Å²) < 4.78 is 10.8. The molecule has 2 saturated heterocycles. The van der Waals surface area contributed by atoms with Crippen molar-refractivity contribution in [3.8, 4) is 5.75 Å². The summed E-state index contributed by atoms with van der Waals surface area (Å²) in [5.74, 6) is 1.66. The molecule has 3 rings (SSSR count). The summed E-state index contributed by atoms with van der Waals surface area (Å²) in [6, 6.07) is 8.32. The van der Waals surface area contributed by atoms with E-state index in [9.17, 15) is 4.79 Å². The number of carbonyl (C=O) groups excluding carboxylic acids is 1.